The van der Waals surface area contributed by atoms with E-state index in [1.807, 2.05) is 6.92 Å². The molecule has 1 fully saturated rings. The first kappa shape index (κ1) is 15.8. The Hall–Kier alpha value is -2.06. The Morgan fingerprint density at radius 3 is 3.13 bits per heavy atom. The van der Waals surface area contributed by atoms with E-state index in [-0.39, 0.29) is 23.1 Å². The van der Waals surface area contributed by atoms with Gasteiger partial charge in [-0.25, -0.2) is 9.97 Å². The largest absolute Gasteiger partial charge is 0.383 e. The smallest absolute Gasteiger partial charge is 0.278 e. The molecule has 23 heavy (non-hydrogen) atoms. The third-order valence-corrected chi connectivity index (χ3v) is 4.16. The molecule has 2 aromatic rings. The molecule has 0 spiro atoms. The minimum absolute atomic E-state index is 0.178. The molecule has 0 bridgehead atoms. The Balaban J connectivity index is 1.73. The van der Waals surface area contributed by atoms with E-state index in [9.17, 15) is 14.7 Å². The van der Waals surface area contributed by atoms with Crippen LogP contribution in [-0.4, -0.2) is 42.6 Å². The molecular formula is C15H20N4O4. The van der Waals surface area contributed by atoms with Gasteiger partial charge in [-0.2, -0.15) is 0 Å². The maximum absolute atomic E-state index is 11.9. The van der Waals surface area contributed by atoms with Crippen molar-refractivity contribution >= 4 is 16.9 Å². The van der Waals surface area contributed by atoms with Crippen LogP contribution >= 0.6 is 0 Å². The van der Waals surface area contributed by atoms with Crippen LogP contribution < -0.4 is 5.56 Å². The van der Waals surface area contributed by atoms with E-state index in [1.165, 1.54) is 12.7 Å². The minimum Gasteiger partial charge on any atom is -0.383 e. The van der Waals surface area contributed by atoms with E-state index in [0.29, 0.717) is 24.9 Å². The normalized spacial score (nSPS) is 22.5. The molecule has 8 heteroatoms. The van der Waals surface area contributed by atoms with Gasteiger partial charge in [0.05, 0.1) is 18.8 Å². The van der Waals surface area contributed by atoms with Gasteiger partial charge in [-0.3, -0.25) is 14.2 Å². The van der Waals surface area contributed by atoms with Crippen LogP contribution in [-0.2, 0) is 9.53 Å². The summed E-state index contributed by atoms with van der Waals surface area (Å²) in [5, 5.41) is 10.1. The average molecular weight is 320 g/mol. The predicted molar refractivity (Wildman–Crippen MR) is 81.8 cm³/mol. The van der Waals surface area contributed by atoms with Crippen LogP contribution in [0.25, 0.3) is 11.2 Å². The summed E-state index contributed by atoms with van der Waals surface area (Å²) in [5.74, 6) is -0.178. The van der Waals surface area contributed by atoms with E-state index in [2.05, 4.69) is 15.0 Å². The Bertz CT molecular complexity index is 753. The number of carbonyl (C=O) groups is 1. The molecule has 0 amide bonds. The summed E-state index contributed by atoms with van der Waals surface area (Å²) < 4.78 is 7.49. The molecule has 0 aliphatic carbocycles. The Morgan fingerprint density at radius 2 is 2.35 bits per heavy atom. The molecule has 124 valence electrons. The summed E-state index contributed by atoms with van der Waals surface area (Å²) >= 11 is 0. The van der Waals surface area contributed by atoms with Crippen molar-refractivity contribution in [1.29, 1.82) is 0 Å². The van der Waals surface area contributed by atoms with Gasteiger partial charge in [0, 0.05) is 6.42 Å². The number of nitrogens with one attached hydrogen (secondary N) is 1. The van der Waals surface area contributed by atoms with Gasteiger partial charge in [-0.15, -0.1) is 0 Å². The molecule has 0 saturated carbocycles. The number of Topliss-reactive ketones (excluding diaryl/α,β-unsaturated/α-hetero) is 1. The highest BCUT2D eigenvalue weighted by atomic mass is 16.5. The summed E-state index contributed by atoms with van der Waals surface area (Å²) in [5.41, 5.74) is 0.378. The maximum Gasteiger partial charge on any atom is 0.278 e. The van der Waals surface area contributed by atoms with Gasteiger partial charge in [0.1, 0.15) is 12.3 Å². The lowest BCUT2D eigenvalue weighted by Gasteiger charge is -2.19. The van der Waals surface area contributed by atoms with Gasteiger partial charge >= 0.3 is 0 Å². The zero-order valence-corrected chi connectivity index (χ0v) is 12.9. The van der Waals surface area contributed by atoms with Gasteiger partial charge in [-0.1, -0.05) is 13.3 Å². The van der Waals surface area contributed by atoms with Crippen molar-refractivity contribution in [2.45, 2.75) is 57.5 Å². The van der Waals surface area contributed by atoms with Crippen LogP contribution in [0, 0.1) is 0 Å². The molecule has 3 rings (SSSR count). The van der Waals surface area contributed by atoms with Crippen molar-refractivity contribution in [2.24, 2.45) is 0 Å². The van der Waals surface area contributed by atoms with Crippen LogP contribution in [0.5, 0.6) is 0 Å². The second-order valence-electron chi connectivity index (χ2n) is 5.78. The summed E-state index contributed by atoms with van der Waals surface area (Å²) in [6, 6.07) is 0. The van der Waals surface area contributed by atoms with E-state index in [4.69, 9.17) is 4.74 Å². The second kappa shape index (κ2) is 6.59. The fourth-order valence-corrected chi connectivity index (χ4v) is 2.86. The number of aromatic amines is 1. The number of rotatable bonds is 6. The van der Waals surface area contributed by atoms with Crippen LogP contribution in [0.4, 0.5) is 0 Å². The average Bonchev–Trinajstić information content (AvgIpc) is 3.18. The number of imidazole rings is 1. The molecule has 8 nitrogen and oxygen atoms in total. The quantitative estimate of drug-likeness (QED) is 0.819. The highest BCUT2D eigenvalue weighted by molar-refractivity contribution is 5.83. The monoisotopic (exact) mass is 320 g/mol. The molecule has 3 atom stereocenters. The lowest BCUT2D eigenvalue weighted by Crippen LogP contribution is -2.33. The summed E-state index contributed by atoms with van der Waals surface area (Å²) in [7, 11) is 0. The van der Waals surface area contributed by atoms with Gasteiger partial charge in [0.25, 0.3) is 5.56 Å². The van der Waals surface area contributed by atoms with Crippen molar-refractivity contribution in [3.63, 3.8) is 0 Å². The number of aromatic nitrogens is 4. The van der Waals surface area contributed by atoms with E-state index >= 15 is 0 Å². The zero-order chi connectivity index (χ0) is 16.4. The Morgan fingerprint density at radius 1 is 1.52 bits per heavy atom. The third-order valence-electron chi connectivity index (χ3n) is 4.16. The predicted octanol–water partition coefficient (Wildman–Crippen LogP) is 0.917. The number of carbonyl (C=O) groups excluding carboxylic acids is 1. The number of nitrogens with zero attached hydrogens (tertiary/aromatic N) is 3. The molecule has 2 N–H and O–H groups in total. The number of H-pyrrole nitrogens is 1. The summed E-state index contributed by atoms with van der Waals surface area (Å²) in [6.07, 6.45) is 4.07. The molecule has 1 saturated heterocycles. The number of hydrogen-bond acceptors (Lipinski definition) is 6. The van der Waals surface area contributed by atoms with E-state index < -0.39 is 12.2 Å². The molecule has 0 radical (unpaired) electrons. The minimum atomic E-state index is -1.10. The molecule has 3 unspecified atom stereocenters. The molecular weight excluding hydrogens is 300 g/mol. The first-order chi connectivity index (χ1) is 11.1. The Labute approximate surface area is 132 Å². The van der Waals surface area contributed by atoms with Crippen LogP contribution in [0.2, 0.25) is 0 Å². The molecule has 2 aromatic heterocycles. The number of ether oxygens (including phenoxy) is 1. The fourth-order valence-electron chi connectivity index (χ4n) is 2.86. The van der Waals surface area contributed by atoms with Gasteiger partial charge in [0.2, 0.25) is 0 Å². The van der Waals surface area contributed by atoms with Gasteiger partial charge in [0.15, 0.2) is 16.9 Å². The van der Waals surface area contributed by atoms with Gasteiger partial charge < -0.3 is 14.8 Å². The third kappa shape index (κ3) is 3.04. The van der Waals surface area contributed by atoms with Crippen LogP contribution in [0.15, 0.2) is 17.4 Å². The summed E-state index contributed by atoms with van der Waals surface area (Å²) in [6.45, 7) is 2.00. The van der Waals surface area contributed by atoms with Crippen molar-refractivity contribution in [1.82, 2.24) is 19.5 Å². The SMILES string of the molecule is CCCCC(=O)C(O)C1CCC(n2cnc3c(=O)[nH]cnc32)O1. The van der Waals surface area contributed by atoms with E-state index in [0.717, 1.165) is 12.8 Å². The first-order valence-electron chi connectivity index (χ1n) is 7.88. The number of fused-ring (bicyclic) bond motifs is 1. The fraction of sp³-hybridized carbons (Fsp3) is 0.600. The topological polar surface area (TPSA) is 110 Å². The van der Waals surface area contributed by atoms with Crippen LogP contribution in [0.3, 0.4) is 0 Å². The highest BCUT2D eigenvalue weighted by Gasteiger charge is 2.35. The lowest BCUT2D eigenvalue weighted by atomic mass is 10.0. The standard InChI is InChI=1S/C15H20N4O4/c1-2-3-4-9(20)13(21)10-5-6-11(23-10)19-8-18-12-14(19)16-7-17-15(12)22/h7-8,10-11,13,21H,2-6H2,1H3,(H,16,17,22). The number of unbranched alkanes of at least 4 members (excludes halogenated alkanes) is 1. The number of ketones is 1. The van der Waals surface area contributed by atoms with Crippen molar-refractivity contribution in [3.8, 4) is 0 Å². The first-order valence-corrected chi connectivity index (χ1v) is 7.88. The molecule has 1 aliphatic heterocycles. The Kier molecular flexibility index (Phi) is 4.53. The van der Waals surface area contributed by atoms with Crippen molar-refractivity contribution in [3.05, 3.63) is 23.0 Å². The second-order valence-corrected chi connectivity index (χ2v) is 5.78. The number of hydrogen-bond donors (Lipinski definition) is 2. The zero-order valence-electron chi connectivity index (χ0n) is 12.9. The molecule has 3 heterocycles. The number of aliphatic hydroxyl groups is 1. The van der Waals surface area contributed by atoms with Crippen LogP contribution in [0.1, 0.15) is 45.3 Å². The van der Waals surface area contributed by atoms with Crippen molar-refractivity contribution in [2.75, 3.05) is 0 Å². The lowest BCUT2D eigenvalue weighted by molar-refractivity contribution is -0.137. The van der Waals surface area contributed by atoms with E-state index in [1.54, 1.807) is 4.57 Å². The highest BCUT2D eigenvalue weighted by Crippen LogP contribution is 2.31. The molecule has 0 aromatic carbocycles. The number of aliphatic hydroxyl groups excluding tert-OH is 1. The maximum atomic E-state index is 11.9. The van der Waals surface area contributed by atoms with Crippen molar-refractivity contribution < 1.29 is 14.6 Å². The molecule has 1 aliphatic rings. The van der Waals surface area contributed by atoms with Gasteiger partial charge in [-0.05, 0) is 19.3 Å². The summed E-state index contributed by atoms with van der Waals surface area (Å²) in [4.78, 5) is 34.3.